The summed E-state index contributed by atoms with van der Waals surface area (Å²) < 4.78 is 18.1. The summed E-state index contributed by atoms with van der Waals surface area (Å²) in [6, 6.07) is 12.0. The van der Waals surface area contributed by atoms with E-state index in [1.807, 2.05) is 18.2 Å². The number of halogens is 2. The van der Waals surface area contributed by atoms with E-state index in [-0.39, 0.29) is 36.4 Å². The van der Waals surface area contributed by atoms with Crippen LogP contribution in [0.4, 0.5) is 5.00 Å². The summed E-state index contributed by atoms with van der Waals surface area (Å²) in [5, 5.41) is 15.9. The summed E-state index contributed by atoms with van der Waals surface area (Å²) in [4.78, 5) is 39.6. The highest BCUT2D eigenvalue weighted by Crippen LogP contribution is 2.40. The lowest BCUT2D eigenvalue weighted by Gasteiger charge is -2.14. The Morgan fingerprint density at radius 3 is 2.67 bits per heavy atom. The summed E-state index contributed by atoms with van der Waals surface area (Å²) in [5.74, 6) is 0.108. The van der Waals surface area contributed by atoms with E-state index in [2.05, 4.69) is 20.8 Å². The summed E-state index contributed by atoms with van der Waals surface area (Å²) in [6.07, 6.45) is 2.63. The number of aryl methyl sites for hydroxylation is 1. The number of aromatic nitrogens is 3. The van der Waals surface area contributed by atoms with Gasteiger partial charge in [-0.25, -0.2) is 4.79 Å². The van der Waals surface area contributed by atoms with Crippen LogP contribution in [-0.4, -0.2) is 58.6 Å². The minimum Gasteiger partial charge on any atom is -0.495 e. The van der Waals surface area contributed by atoms with Gasteiger partial charge in [0, 0.05) is 9.90 Å². The monoisotopic (exact) mass is 689 g/mol. The molecule has 0 saturated carbocycles. The van der Waals surface area contributed by atoms with Crippen LogP contribution in [0.5, 0.6) is 11.5 Å². The molecule has 2 heterocycles. The number of hydrogen-bond donors (Lipinski definition) is 2. The predicted octanol–water partition coefficient (Wildman–Crippen LogP) is 5.74. The van der Waals surface area contributed by atoms with E-state index >= 15 is 0 Å². The van der Waals surface area contributed by atoms with Crippen LogP contribution in [0.25, 0.3) is 5.69 Å². The highest BCUT2D eigenvalue weighted by atomic mass is 35.5. The van der Waals surface area contributed by atoms with Crippen molar-refractivity contribution in [3.05, 3.63) is 74.3 Å². The van der Waals surface area contributed by atoms with Crippen LogP contribution in [0.15, 0.2) is 47.6 Å². The molecule has 2 aromatic heterocycles. The van der Waals surface area contributed by atoms with Crippen molar-refractivity contribution in [3.8, 4) is 17.2 Å². The molecule has 0 unspecified atom stereocenters. The third-order valence-corrected chi connectivity index (χ3v) is 9.38. The van der Waals surface area contributed by atoms with Crippen LogP contribution in [0.2, 0.25) is 10.0 Å². The Balaban J connectivity index is 1.29. The Kier molecular flexibility index (Phi) is 10.9. The standard InChI is InChI=1S/C30H29Cl2N5O6S2/c1-3-42-29(40)27-18-7-6-10-23(18)45-28(27)34-26(39)16-44-30-36-35-24(37(30)20-8-4-5-9-22(20)41-2)14-33-25(38)15-43-21-12-11-17(31)13-19(21)32/h4-5,8-9,11-13H,3,6-7,10,14-16H2,1-2H3,(H,33,38)(H,34,39). The van der Waals surface area contributed by atoms with Crippen molar-refractivity contribution in [2.24, 2.45) is 0 Å². The fourth-order valence-corrected chi connectivity index (χ4v) is 7.25. The Morgan fingerprint density at radius 2 is 1.89 bits per heavy atom. The SMILES string of the molecule is CCOC(=O)c1c(NC(=O)CSc2nnc(CNC(=O)COc3ccc(Cl)cc3Cl)n2-c2ccccc2OC)sc2c1CCC2. The van der Waals surface area contributed by atoms with Crippen molar-refractivity contribution in [2.75, 3.05) is 31.4 Å². The van der Waals surface area contributed by atoms with E-state index in [1.165, 1.54) is 17.4 Å². The highest BCUT2D eigenvalue weighted by Gasteiger charge is 2.28. The summed E-state index contributed by atoms with van der Waals surface area (Å²) in [7, 11) is 1.55. The molecule has 1 aliphatic rings. The first kappa shape index (κ1) is 32.6. The second-order valence-electron chi connectivity index (χ2n) is 9.67. The number of para-hydroxylation sites is 2. The average Bonchev–Trinajstić information content (AvgIpc) is 3.73. The number of rotatable bonds is 13. The number of esters is 1. The maximum Gasteiger partial charge on any atom is 0.341 e. The van der Waals surface area contributed by atoms with E-state index < -0.39 is 11.9 Å². The minimum atomic E-state index is -0.427. The van der Waals surface area contributed by atoms with Gasteiger partial charge in [-0.15, -0.1) is 21.5 Å². The van der Waals surface area contributed by atoms with Gasteiger partial charge in [0.2, 0.25) is 5.91 Å². The molecule has 2 amide bonds. The van der Waals surface area contributed by atoms with Crippen LogP contribution in [0, 0.1) is 0 Å². The molecule has 11 nitrogen and oxygen atoms in total. The number of carbonyl (C=O) groups excluding carboxylic acids is 3. The number of amides is 2. The van der Waals surface area contributed by atoms with Gasteiger partial charge in [-0.05, 0) is 62.1 Å². The second-order valence-corrected chi connectivity index (χ2v) is 12.6. The smallest absolute Gasteiger partial charge is 0.341 e. The molecule has 0 spiro atoms. The number of fused-ring (bicyclic) bond motifs is 1. The number of carbonyl (C=O) groups is 3. The third-order valence-electron chi connectivity index (χ3n) is 6.71. The van der Waals surface area contributed by atoms with Gasteiger partial charge >= 0.3 is 5.97 Å². The summed E-state index contributed by atoms with van der Waals surface area (Å²) >= 11 is 14.6. The van der Waals surface area contributed by atoms with Crippen LogP contribution in [0.3, 0.4) is 0 Å². The zero-order valence-electron chi connectivity index (χ0n) is 24.4. The van der Waals surface area contributed by atoms with Crippen molar-refractivity contribution < 1.29 is 28.6 Å². The van der Waals surface area contributed by atoms with Crippen molar-refractivity contribution in [3.63, 3.8) is 0 Å². The number of ether oxygens (including phenoxy) is 3. The van der Waals surface area contributed by atoms with E-state index in [9.17, 15) is 14.4 Å². The Bertz CT molecular complexity index is 1730. The molecule has 0 radical (unpaired) electrons. The third kappa shape index (κ3) is 7.72. The molecule has 15 heteroatoms. The zero-order chi connectivity index (χ0) is 31.9. The maximum atomic E-state index is 13.1. The zero-order valence-corrected chi connectivity index (χ0v) is 27.5. The van der Waals surface area contributed by atoms with Gasteiger partial charge in [0.15, 0.2) is 17.6 Å². The fourth-order valence-electron chi connectivity index (χ4n) is 4.73. The molecule has 0 atom stereocenters. The number of benzene rings is 2. The summed E-state index contributed by atoms with van der Waals surface area (Å²) in [5.41, 5.74) is 2.04. The normalized spacial score (nSPS) is 12.0. The van der Waals surface area contributed by atoms with Crippen molar-refractivity contribution in [2.45, 2.75) is 37.9 Å². The van der Waals surface area contributed by atoms with E-state index in [0.717, 1.165) is 41.5 Å². The molecule has 4 aromatic rings. The van der Waals surface area contributed by atoms with Gasteiger partial charge in [-0.1, -0.05) is 47.1 Å². The first-order valence-corrected chi connectivity index (χ1v) is 16.5. The highest BCUT2D eigenvalue weighted by molar-refractivity contribution is 7.99. The first-order chi connectivity index (χ1) is 21.8. The van der Waals surface area contributed by atoms with Gasteiger partial charge in [0.1, 0.15) is 16.5 Å². The molecule has 2 N–H and O–H groups in total. The predicted molar refractivity (Wildman–Crippen MR) is 173 cm³/mol. The van der Waals surface area contributed by atoms with E-state index in [1.54, 1.807) is 36.8 Å². The quantitative estimate of drug-likeness (QED) is 0.133. The average molecular weight is 691 g/mol. The van der Waals surface area contributed by atoms with Gasteiger partial charge < -0.3 is 24.8 Å². The second kappa shape index (κ2) is 15.0. The maximum absolute atomic E-state index is 13.1. The molecule has 45 heavy (non-hydrogen) atoms. The molecule has 0 aliphatic heterocycles. The fraction of sp³-hybridized carbons (Fsp3) is 0.300. The van der Waals surface area contributed by atoms with Crippen molar-refractivity contribution in [1.82, 2.24) is 20.1 Å². The molecule has 236 valence electrons. The molecular formula is C30H29Cl2N5O6S2. The molecular weight excluding hydrogens is 661 g/mol. The van der Waals surface area contributed by atoms with Crippen LogP contribution < -0.4 is 20.1 Å². The van der Waals surface area contributed by atoms with Crippen molar-refractivity contribution >= 4 is 69.1 Å². The largest absolute Gasteiger partial charge is 0.495 e. The van der Waals surface area contributed by atoms with Gasteiger partial charge in [-0.2, -0.15) is 0 Å². The van der Waals surface area contributed by atoms with E-state index in [0.29, 0.717) is 43.8 Å². The molecule has 0 saturated heterocycles. The van der Waals surface area contributed by atoms with Gasteiger partial charge in [-0.3, -0.25) is 14.2 Å². The number of methoxy groups -OCH3 is 1. The lowest BCUT2D eigenvalue weighted by Crippen LogP contribution is -2.29. The molecule has 0 bridgehead atoms. The number of nitrogens with zero attached hydrogens (tertiary/aromatic N) is 3. The van der Waals surface area contributed by atoms with Crippen LogP contribution >= 0.6 is 46.3 Å². The molecule has 2 aromatic carbocycles. The number of thioether (sulfide) groups is 1. The number of thiophene rings is 1. The molecule has 0 fully saturated rings. The topological polar surface area (TPSA) is 134 Å². The number of nitrogens with one attached hydrogen (secondary N) is 2. The lowest BCUT2D eigenvalue weighted by molar-refractivity contribution is -0.123. The summed E-state index contributed by atoms with van der Waals surface area (Å²) in [6.45, 7) is 1.73. The number of anilines is 1. The van der Waals surface area contributed by atoms with Gasteiger partial charge in [0.25, 0.3) is 5.91 Å². The Morgan fingerprint density at radius 1 is 1.07 bits per heavy atom. The minimum absolute atomic E-state index is 0.0119. The Hall–Kier alpha value is -3.78. The number of hydrogen-bond acceptors (Lipinski definition) is 10. The van der Waals surface area contributed by atoms with Crippen LogP contribution in [0.1, 0.15) is 40.0 Å². The van der Waals surface area contributed by atoms with Crippen molar-refractivity contribution in [1.29, 1.82) is 0 Å². The van der Waals surface area contributed by atoms with Gasteiger partial charge in [0.05, 0.1) is 42.3 Å². The lowest BCUT2D eigenvalue weighted by atomic mass is 10.1. The Labute approximate surface area is 277 Å². The molecule has 5 rings (SSSR count). The van der Waals surface area contributed by atoms with E-state index in [4.69, 9.17) is 37.4 Å². The molecule has 1 aliphatic carbocycles. The van der Waals surface area contributed by atoms with Crippen LogP contribution in [-0.2, 0) is 33.7 Å². The first-order valence-electron chi connectivity index (χ1n) is 14.0.